The van der Waals surface area contributed by atoms with Gasteiger partial charge in [-0.05, 0) is 6.07 Å². The lowest BCUT2D eigenvalue weighted by atomic mass is 10.1. The SMILES string of the molecule is Oc1cc2nc(-c3cccc(-c4nc5cc(O)c(O)cc5[nH]4)c3)[nH]c2cc1O. The molecule has 5 aromatic rings. The molecule has 5 rings (SSSR count). The molecule has 0 bridgehead atoms. The van der Waals surface area contributed by atoms with E-state index in [1.165, 1.54) is 24.3 Å². The molecule has 0 aliphatic carbocycles. The van der Waals surface area contributed by atoms with Crippen molar-refractivity contribution in [2.24, 2.45) is 0 Å². The third-order valence-corrected chi connectivity index (χ3v) is 4.57. The van der Waals surface area contributed by atoms with Gasteiger partial charge in [0.1, 0.15) is 11.6 Å². The zero-order chi connectivity index (χ0) is 19.4. The zero-order valence-electron chi connectivity index (χ0n) is 14.3. The smallest absolute Gasteiger partial charge is 0.159 e. The van der Waals surface area contributed by atoms with Gasteiger partial charge >= 0.3 is 0 Å². The molecular formula is C20H14N4O4. The van der Waals surface area contributed by atoms with E-state index in [0.29, 0.717) is 33.7 Å². The number of nitrogens with one attached hydrogen (secondary N) is 2. The summed E-state index contributed by atoms with van der Waals surface area (Å²) in [7, 11) is 0. The number of aromatic hydroxyl groups is 4. The van der Waals surface area contributed by atoms with Gasteiger partial charge in [0.15, 0.2) is 23.0 Å². The van der Waals surface area contributed by atoms with E-state index in [9.17, 15) is 20.4 Å². The highest BCUT2D eigenvalue weighted by molar-refractivity contribution is 5.85. The number of aromatic nitrogens is 4. The van der Waals surface area contributed by atoms with Crippen molar-refractivity contribution < 1.29 is 20.4 Å². The van der Waals surface area contributed by atoms with Crippen LogP contribution in [-0.2, 0) is 0 Å². The van der Waals surface area contributed by atoms with E-state index in [2.05, 4.69) is 19.9 Å². The number of benzene rings is 3. The number of imidazole rings is 2. The van der Waals surface area contributed by atoms with Gasteiger partial charge in [-0.25, -0.2) is 9.97 Å². The summed E-state index contributed by atoms with van der Waals surface area (Å²) < 4.78 is 0. The Morgan fingerprint density at radius 1 is 0.571 bits per heavy atom. The van der Waals surface area contributed by atoms with Crippen molar-refractivity contribution in [1.29, 1.82) is 0 Å². The highest BCUT2D eigenvalue weighted by Crippen LogP contribution is 2.33. The number of phenols is 4. The first kappa shape index (κ1) is 16.0. The number of H-pyrrole nitrogens is 2. The summed E-state index contributed by atoms with van der Waals surface area (Å²) in [5.74, 6) is 0.262. The Hall–Kier alpha value is -4.20. The maximum Gasteiger partial charge on any atom is 0.159 e. The van der Waals surface area contributed by atoms with Crippen LogP contribution in [0.2, 0.25) is 0 Å². The molecule has 0 aliphatic rings. The number of phenolic OH excluding ortho intramolecular Hbond substituents is 4. The van der Waals surface area contributed by atoms with Gasteiger partial charge in [0.25, 0.3) is 0 Å². The van der Waals surface area contributed by atoms with E-state index < -0.39 is 0 Å². The van der Waals surface area contributed by atoms with Crippen LogP contribution in [0.5, 0.6) is 23.0 Å². The molecule has 2 heterocycles. The number of hydrogen-bond acceptors (Lipinski definition) is 6. The van der Waals surface area contributed by atoms with Crippen molar-refractivity contribution in [1.82, 2.24) is 19.9 Å². The van der Waals surface area contributed by atoms with Crippen LogP contribution in [-0.4, -0.2) is 40.4 Å². The molecule has 138 valence electrons. The predicted molar refractivity (Wildman–Crippen MR) is 103 cm³/mol. The number of rotatable bonds is 2. The van der Waals surface area contributed by atoms with Gasteiger partial charge in [0.2, 0.25) is 0 Å². The van der Waals surface area contributed by atoms with Gasteiger partial charge in [0.05, 0.1) is 22.1 Å². The number of fused-ring (bicyclic) bond motifs is 2. The van der Waals surface area contributed by atoms with Crippen LogP contribution >= 0.6 is 0 Å². The average molecular weight is 374 g/mol. The second-order valence-electron chi connectivity index (χ2n) is 6.47. The molecule has 0 radical (unpaired) electrons. The Bertz CT molecular complexity index is 1190. The van der Waals surface area contributed by atoms with E-state index in [1.807, 2.05) is 24.3 Å². The Morgan fingerprint density at radius 2 is 1.00 bits per heavy atom. The number of aromatic amines is 2. The molecule has 3 aromatic carbocycles. The molecule has 0 amide bonds. The van der Waals surface area contributed by atoms with Crippen LogP contribution in [0.3, 0.4) is 0 Å². The minimum atomic E-state index is -0.229. The summed E-state index contributed by atoms with van der Waals surface area (Å²) in [5, 5.41) is 38.6. The Labute approximate surface area is 157 Å². The van der Waals surface area contributed by atoms with E-state index in [4.69, 9.17) is 0 Å². The van der Waals surface area contributed by atoms with Crippen LogP contribution in [0.4, 0.5) is 0 Å². The van der Waals surface area contributed by atoms with Crippen LogP contribution in [0, 0.1) is 0 Å². The maximum absolute atomic E-state index is 9.65. The lowest BCUT2D eigenvalue weighted by Crippen LogP contribution is -1.84. The van der Waals surface area contributed by atoms with Crippen LogP contribution in [0.15, 0.2) is 48.5 Å². The fourth-order valence-corrected chi connectivity index (χ4v) is 3.16. The molecule has 0 fully saturated rings. The van der Waals surface area contributed by atoms with Crippen molar-refractivity contribution in [2.45, 2.75) is 0 Å². The number of hydrogen-bond donors (Lipinski definition) is 6. The van der Waals surface area contributed by atoms with Crippen LogP contribution < -0.4 is 0 Å². The average Bonchev–Trinajstić information content (AvgIpc) is 3.26. The molecule has 6 N–H and O–H groups in total. The Balaban J connectivity index is 1.60. The first-order chi connectivity index (χ1) is 13.5. The molecule has 28 heavy (non-hydrogen) atoms. The molecular weight excluding hydrogens is 360 g/mol. The Morgan fingerprint density at radius 3 is 1.46 bits per heavy atom. The van der Waals surface area contributed by atoms with Gasteiger partial charge in [-0.1, -0.05) is 18.2 Å². The molecule has 0 saturated heterocycles. The molecule has 0 atom stereocenters. The third-order valence-electron chi connectivity index (χ3n) is 4.57. The van der Waals surface area contributed by atoms with Crippen molar-refractivity contribution in [2.75, 3.05) is 0 Å². The van der Waals surface area contributed by atoms with E-state index in [-0.39, 0.29) is 23.0 Å². The highest BCUT2D eigenvalue weighted by atomic mass is 16.3. The molecule has 8 heteroatoms. The van der Waals surface area contributed by atoms with Gasteiger partial charge in [-0.3, -0.25) is 0 Å². The first-order valence-corrected chi connectivity index (χ1v) is 8.42. The predicted octanol–water partition coefficient (Wildman–Crippen LogP) is 3.60. The number of nitrogens with zero attached hydrogens (tertiary/aromatic N) is 2. The lowest BCUT2D eigenvalue weighted by molar-refractivity contribution is 0.405. The molecule has 2 aromatic heterocycles. The largest absolute Gasteiger partial charge is 0.504 e. The monoisotopic (exact) mass is 374 g/mol. The van der Waals surface area contributed by atoms with E-state index >= 15 is 0 Å². The summed E-state index contributed by atoms with van der Waals surface area (Å²) in [6.07, 6.45) is 0. The van der Waals surface area contributed by atoms with Crippen LogP contribution in [0.1, 0.15) is 0 Å². The molecule has 0 unspecified atom stereocenters. The Kier molecular flexibility index (Phi) is 3.23. The second-order valence-corrected chi connectivity index (χ2v) is 6.47. The maximum atomic E-state index is 9.65. The third kappa shape index (κ3) is 2.47. The van der Waals surface area contributed by atoms with Gasteiger partial charge in [0, 0.05) is 35.4 Å². The van der Waals surface area contributed by atoms with Crippen molar-refractivity contribution >= 4 is 22.1 Å². The highest BCUT2D eigenvalue weighted by Gasteiger charge is 2.12. The van der Waals surface area contributed by atoms with Crippen molar-refractivity contribution in [3.8, 4) is 45.8 Å². The first-order valence-electron chi connectivity index (χ1n) is 8.42. The molecule has 0 aliphatic heterocycles. The van der Waals surface area contributed by atoms with Crippen LogP contribution in [0.25, 0.3) is 44.8 Å². The van der Waals surface area contributed by atoms with E-state index in [0.717, 1.165) is 11.1 Å². The standard InChI is InChI=1S/C20H14N4O4/c25-15-5-11-12(6-16(15)26)22-19(21-11)9-2-1-3-10(4-9)20-23-13-7-17(27)18(28)8-14(13)24-20/h1-8,25-28H,(H,21,22)(H,23,24). The fourth-order valence-electron chi connectivity index (χ4n) is 3.16. The molecule has 0 saturated carbocycles. The minimum absolute atomic E-state index is 0.217. The summed E-state index contributed by atoms with van der Waals surface area (Å²) >= 11 is 0. The summed E-state index contributed by atoms with van der Waals surface area (Å²) in [4.78, 5) is 15.2. The molecule has 8 nitrogen and oxygen atoms in total. The van der Waals surface area contributed by atoms with Crippen molar-refractivity contribution in [3.05, 3.63) is 48.5 Å². The summed E-state index contributed by atoms with van der Waals surface area (Å²) in [6.45, 7) is 0. The molecule has 0 spiro atoms. The summed E-state index contributed by atoms with van der Waals surface area (Å²) in [6, 6.07) is 13.1. The van der Waals surface area contributed by atoms with Gasteiger partial charge < -0.3 is 30.4 Å². The summed E-state index contributed by atoms with van der Waals surface area (Å²) in [5.41, 5.74) is 3.85. The van der Waals surface area contributed by atoms with E-state index in [1.54, 1.807) is 0 Å². The normalized spacial score (nSPS) is 11.4. The fraction of sp³-hybridized carbons (Fsp3) is 0. The van der Waals surface area contributed by atoms with Crippen molar-refractivity contribution in [3.63, 3.8) is 0 Å². The minimum Gasteiger partial charge on any atom is -0.504 e. The van der Waals surface area contributed by atoms with Gasteiger partial charge in [-0.15, -0.1) is 0 Å². The van der Waals surface area contributed by atoms with Gasteiger partial charge in [-0.2, -0.15) is 0 Å². The zero-order valence-corrected chi connectivity index (χ0v) is 14.3. The topological polar surface area (TPSA) is 138 Å². The second kappa shape index (κ2) is 5.65. The quantitative estimate of drug-likeness (QED) is 0.261. The lowest BCUT2D eigenvalue weighted by Gasteiger charge is -2.00.